The van der Waals surface area contributed by atoms with Gasteiger partial charge in [0.15, 0.2) is 0 Å². The zero-order valence-electron chi connectivity index (χ0n) is 19.2. The highest BCUT2D eigenvalue weighted by molar-refractivity contribution is 5.86. The first kappa shape index (κ1) is 23.1. The number of benzene rings is 2. The third-order valence-electron chi connectivity index (χ3n) is 7.17. The number of rotatable bonds is 5. The van der Waals surface area contributed by atoms with Crippen LogP contribution in [0.3, 0.4) is 0 Å². The van der Waals surface area contributed by atoms with Crippen LogP contribution in [0.5, 0.6) is 0 Å². The predicted octanol–water partition coefficient (Wildman–Crippen LogP) is 2.91. The van der Waals surface area contributed by atoms with E-state index in [-0.39, 0.29) is 31.4 Å². The van der Waals surface area contributed by atoms with Crippen LogP contribution in [0, 0.1) is 5.92 Å². The molecule has 3 aliphatic rings. The van der Waals surface area contributed by atoms with E-state index in [9.17, 15) is 24.6 Å². The molecule has 0 saturated carbocycles. The molecule has 0 spiro atoms. The molecule has 0 radical (unpaired) electrons. The molecule has 1 heterocycles. The number of allylic oxidation sites excluding steroid dienone is 1. The smallest absolute Gasteiger partial charge is 0.407 e. The number of fused-ring (bicyclic) bond motifs is 3. The van der Waals surface area contributed by atoms with Gasteiger partial charge in [0, 0.05) is 24.8 Å². The minimum atomic E-state index is -1.12. The minimum Gasteiger partial charge on any atom is -0.480 e. The summed E-state index contributed by atoms with van der Waals surface area (Å²) in [5.74, 6) is -1.93. The number of hydrogen-bond donors (Lipinski definition) is 3. The summed E-state index contributed by atoms with van der Waals surface area (Å²) in [7, 11) is 0. The monoisotopic (exact) mass is 476 g/mol. The van der Waals surface area contributed by atoms with Gasteiger partial charge in [0.25, 0.3) is 0 Å². The molecule has 0 bridgehead atoms. The maximum atomic E-state index is 13.0. The number of ether oxygens (including phenoxy) is 1. The maximum absolute atomic E-state index is 13.0. The van der Waals surface area contributed by atoms with Crippen LogP contribution in [-0.4, -0.2) is 64.4 Å². The highest BCUT2D eigenvalue weighted by Gasteiger charge is 2.41. The minimum absolute atomic E-state index is 0.0144. The third-order valence-corrected chi connectivity index (χ3v) is 7.17. The van der Waals surface area contributed by atoms with Gasteiger partial charge >= 0.3 is 12.1 Å². The summed E-state index contributed by atoms with van der Waals surface area (Å²) >= 11 is 0. The Morgan fingerprint density at radius 3 is 2.31 bits per heavy atom. The number of nitrogens with one attached hydrogen (secondary N) is 1. The molecule has 8 heteroatoms. The van der Waals surface area contributed by atoms with Crippen molar-refractivity contribution in [3.8, 4) is 11.1 Å². The molecule has 0 aromatic heterocycles. The van der Waals surface area contributed by atoms with Crippen molar-refractivity contribution in [2.45, 2.75) is 43.4 Å². The molecule has 1 saturated heterocycles. The van der Waals surface area contributed by atoms with Gasteiger partial charge in [-0.2, -0.15) is 0 Å². The fraction of sp³-hybridized carbons (Fsp3) is 0.370. The van der Waals surface area contributed by atoms with Gasteiger partial charge in [-0.15, -0.1) is 0 Å². The molecule has 2 aromatic carbocycles. The average molecular weight is 477 g/mol. The molecular weight excluding hydrogens is 448 g/mol. The van der Waals surface area contributed by atoms with Crippen molar-refractivity contribution < 1.29 is 29.3 Å². The molecule has 3 unspecified atom stereocenters. The highest BCUT2D eigenvalue weighted by Crippen LogP contribution is 2.44. The number of aliphatic carboxylic acids is 1. The molecule has 5 rings (SSSR count). The van der Waals surface area contributed by atoms with Gasteiger partial charge in [-0.05, 0) is 35.1 Å². The van der Waals surface area contributed by atoms with Crippen LogP contribution in [0.2, 0.25) is 0 Å². The summed E-state index contributed by atoms with van der Waals surface area (Å²) in [6.07, 6.45) is 3.09. The quantitative estimate of drug-likeness (QED) is 0.572. The zero-order chi connectivity index (χ0) is 24.5. The van der Waals surface area contributed by atoms with E-state index in [0.717, 1.165) is 22.3 Å². The van der Waals surface area contributed by atoms with Gasteiger partial charge < -0.3 is 25.2 Å². The molecule has 8 nitrogen and oxygen atoms in total. The Morgan fingerprint density at radius 1 is 1.00 bits per heavy atom. The van der Waals surface area contributed by atoms with E-state index in [1.807, 2.05) is 36.4 Å². The SMILES string of the molecule is O=C(NC1C=CCC(C(=O)N2CC(O)C[C@H]2C(=O)O)C1)OCC1c2ccccc2-c2ccccc21. The molecule has 35 heavy (non-hydrogen) atoms. The molecule has 2 aromatic rings. The number of β-amino-alcohol motifs (C(OH)–C–C–N with tert-alkyl or cyclic N) is 1. The number of alkyl carbamates (subject to hydrolysis) is 1. The number of carboxylic acids is 1. The Balaban J connectivity index is 1.19. The average Bonchev–Trinajstić information content (AvgIpc) is 3.41. The second kappa shape index (κ2) is 9.54. The first-order valence-corrected chi connectivity index (χ1v) is 11.9. The summed E-state index contributed by atoms with van der Waals surface area (Å²) in [4.78, 5) is 38.4. The van der Waals surface area contributed by atoms with Gasteiger partial charge in [-0.25, -0.2) is 9.59 Å². The number of aliphatic hydroxyl groups is 1. The fourth-order valence-corrected chi connectivity index (χ4v) is 5.51. The lowest BCUT2D eigenvalue weighted by molar-refractivity contribution is -0.150. The maximum Gasteiger partial charge on any atom is 0.407 e. The van der Waals surface area contributed by atoms with E-state index < -0.39 is 36.2 Å². The summed E-state index contributed by atoms with van der Waals surface area (Å²) in [5.41, 5.74) is 4.57. The number of amides is 2. The predicted molar refractivity (Wildman–Crippen MR) is 128 cm³/mol. The van der Waals surface area contributed by atoms with Crippen molar-refractivity contribution in [2.75, 3.05) is 13.2 Å². The van der Waals surface area contributed by atoms with Crippen molar-refractivity contribution in [3.63, 3.8) is 0 Å². The molecule has 3 N–H and O–H groups in total. The number of aliphatic hydroxyl groups excluding tert-OH is 1. The van der Waals surface area contributed by atoms with E-state index in [2.05, 4.69) is 29.6 Å². The van der Waals surface area contributed by atoms with E-state index in [1.54, 1.807) is 0 Å². The Labute approximate surface area is 203 Å². The Bertz CT molecular complexity index is 1130. The fourth-order valence-electron chi connectivity index (χ4n) is 5.51. The summed E-state index contributed by atoms with van der Waals surface area (Å²) in [6, 6.07) is 14.8. The first-order valence-electron chi connectivity index (χ1n) is 11.9. The molecule has 2 amide bonds. The lowest BCUT2D eigenvalue weighted by Crippen LogP contribution is -2.46. The van der Waals surface area contributed by atoms with E-state index in [1.165, 1.54) is 4.90 Å². The largest absolute Gasteiger partial charge is 0.480 e. The second-order valence-electron chi connectivity index (χ2n) is 9.41. The first-order chi connectivity index (χ1) is 16.9. The number of carbonyl (C=O) groups is 3. The Hall–Kier alpha value is -3.65. The summed E-state index contributed by atoms with van der Waals surface area (Å²) in [5, 5.41) is 22.1. The van der Waals surface area contributed by atoms with Crippen LogP contribution >= 0.6 is 0 Å². The van der Waals surface area contributed by atoms with Gasteiger partial charge in [0.2, 0.25) is 5.91 Å². The van der Waals surface area contributed by atoms with Crippen LogP contribution in [-0.2, 0) is 14.3 Å². The van der Waals surface area contributed by atoms with Crippen molar-refractivity contribution >= 4 is 18.0 Å². The number of likely N-dealkylation sites (tertiary alicyclic amines) is 1. The second-order valence-corrected chi connectivity index (χ2v) is 9.41. The Morgan fingerprint density at radius 2 is 1.66 bits per heavy atom. The standard InChI is InChI=1S/C27H28N2O6/c30-18-13-24(26(32)33)29(14-18)25(31)16-6-5-7-17(12-16)28-27(34)35-15-23-21-10-3-1-8-19(21)20-9-2-4-11-22(20)23/h1-5,7-11,16-18,23-24,30H,6,12-15H2,(H,28,34)(H,32,33)/t16?,17?,18?,24-/m0/s1. The van der Waals surface area contributed by atoms with Gasteiger partial charge in [0.05, 0.1) is 12.1 Å². The topological polar surface area (TPSA) is 116 Å². The lowest BCUT2D eigenvalue weighted by Gasteiger charge is -2.30. The van der Waals surface area contributed by atoms with Crippen molar-refractivity contribution in [1.29, 1.82) is 0 Å². The molecule has 4 atom stereocenters. The summed E-state index contributed by atoms with van der Waals surface area (Å²) in [6.45, 7) is 0.213. The molecule has 2 aliphatic carbocycles. The lowest BCUT2D eigenvalue weighted by atomic mass is 9.89. The number of nitrogens with zero attached hydrogens (tertiary/aromatic N) is 1. The number of carboxylic acid groups (broad SMARTS) is 1. The van der Waals surface area contributed by atoms with Crippen molar-refractivity contribution in [1.82, 2.24) is 10.2 Å². The van der Waals surface area contributed by atoms with E-state index in [4.69, 9.17) is 4.74 Å². The van der Waals surface area contributed by atoms with Crippen LogP contribution in [0.1, 0.15) is 36.3 Å². The van der Waals surface area contributed by atoms with Gasteiger partial charge in [-0.3, -0.25) is 4.79 Å². The van der Waals surface area contributed by atoms with Crippen molar-refractivity contribution in [2.24, 2.45) is 5.92 Å². The molecule has 1 fully saturated rings. The molecular formula is C27H28N2O6. The van der Waals surface area contributed by atoms with Crippen LogP contribution in [0.4, 0.5) is 4.79 Å². The molecule has 1 aliphatic heterocycles. The molecule has 182 valence electrons. The van der Waals surface area contributed by atoms with Crippen molar-refractivity contribution in [3.05, 3.63) is 71.8 Å². The van der Waals surface area contributed by atoms with E-state index in [0.29, 0.717) is 12.8 Å². The van der Waals surface area contributed by atoms with Crippen LogP contribution in [0.15, 0.2) is 60.7 Å². The normalized spacial score (nSPS) is 25.1. The summed E-state index contributed by atoms with van der Waals surface area (Å²) < 4.78 is 5.61. The zero-order valence-corrected chi connectivity index (χ0v) is 19.2. The van der Waals surface area contributed by atoms with Crippen LogP contribution in [0.25, 0.3) is 11.1 Å². The number of hydrogen-bond acceptors (Lipinski definition) is 5. The third kappa shape index (κ3) is 4.53. The number of carbonyl (C=O) groups excluding carboxylic acids is 2. The van der Waals surface area contributed by atoms with Gasteiger partial charge in [0.1, 0.15) is 12.6 Å². The van der Waals surface area contributed by atoms with Crippen LogP contribution < -0.4 is 5.32 Å². The van der Waals surface area contributed by atoms with Gasteiger partial charge in [-0.1, -0.05) is 60.7 Å². The Kier molecular flexibility index (Phi) is 6.30. The van der Waals surface area contributed by atoms with E-state index >= 15 is 0 Å². The highest BCUT2D eigenvalue weighted by atomic mass is 16.5.